The summed E-state index contributed by atoms with van der Waals surface area (Å²) in [7, 11) is 1.66. The molecule has 0 atom stereocenters. The summed E-state index contributed by atoms with van der Waals surface area (Å²) in [6.45, 7) is 6.56. The van der Waals surface area contributed by atoms with Gasteiger partial charge in [-0.25, -0.2) is 4.79 Å². The normalized spacial score (nSPS) is 10.7. The van der Waals surface area contributed by atoms with E-state index < -0.39 is 5.97 Å². The fourth-order valence-corrected chi connectivity index (χ4v) is 1.79. The molecule has 4 nitrogen and oxygen atoms in total. The van der Waals surface area contributed by atoms with E-state index in [1.807, 2.05) is 13.8 Å². The number of nitrogens with zero attached hydrogens (tertiary/aromatic N) is 1. The van der Waals surface area contributed by atoms with E-state index in [4.69, 9.17) is 5.11 Å². The largest absolute Gasteiger partial charge is 0.478 e. The van der Waals surface area contributed by atoms with Crippen LogP contribution in [0.25, 0.3) is 0 Å². The molecule has 102 valence electrons. The third-order valence-corrected chi connectivity index (χ3v) is 3.10. The van der Waals surface area contributed by atoms with Crippen LogP contribution in [0.4, 0.5) is 0 Å². The number of hydrogen-bond acceptors (Lipinski definition) is 2. The number of carbonyl (C=O) groups is 2. The van der Waals surface area contributed by atoms with Gasteiger partial charge < -0.3 is 10.0 Å². The summed E-state index contributed by atoms with van der Waals surface area (Å²) in [6.07, 6.45) is 1.92. The molecule has 0 heterocycles. The van der Waals surface area contributed by atoms with Crippen LogP contribution in [0.3, 0.4) is 0 Å². The lowest BCUT2D eigenvalue weighted by Gasteiger charge is -2.18. The smallest absolute Gasteiger partial charge is 0.328 e. The molecule has 0 saturated carbocycles. The second-order valence-electron chi connectivity index (χ2n) is 4.73. The van der Waals surface area contributed by atoms with Crippen LogP contribution in [0.5, 0.6) is 0 Å². The van der Waals surface area contributed by atoms with Crippen molar-refractivity contribution in [3.63, 3.8) is 0 Å². The first kappa shape index (κ1) is 15.0. The lowest BCUT2D eigenvalue weighted by molar-refractivity contribution is -0.132. The molecule has 4 heteroatoms. The molecule has 0 aliphatic rings. The van der Waals surface area contributed by atoms with Gasteiger partial charge in [0.1, 0.15) is 0 Å². The molecule has 0 aromatic heterocycles. The van der Waals surface area contributed by atoms with Crippen LogP contribution in [0.1, 0.15) is 22.3 Å². The highest BCUT2D eigenvalue weighted by atomic mass is 16.4. The maximum absolute atomic E-state index is 11.7. The molecular formula is C15H19NO3. The molecule has 1 aromatic rings. The fourth-order valence-electron chi connectivity index (χ4n) is 1.79. The summed E-state index contributed by atoms with van der Waals surface area (Å²) in [5, 5.41) is 8.49. The second-order valence-corrected chi connectivity index (χ2v) is 4.73. The molecule has 0 aliphatic heterocycles. The Balaban J connectivity index is 2.82. The highest BCUT2D eigenvalue weighted by molar-refractivity contribution is 5.93. The molecule has 1 rings (SSSR count). The van der Waals surface area contributed by atoms with E-state index in [1.54, 1.807) is 7.05 Å². The molecule has 0 spiro atoms. The number of carboxylic acids is 1. The summed E-state index contributed by atoms with van der Waals surface area (Å²) in [5.74, 6) is -1.44. The van der Waals surface area contributed by atoms with Gasteiger partial charge in [-0.15, -0.1) is 0 Å². The molecule has 0 saturated heterocycles. The van der Waals surface area contributed by atoms with Crippen molar-refractivity contribution in [2.24, 2.45) is 0 Å². The minimum atomic E-state index is -1.12. The van der Waals surface area contributed by atoms with Crippen molar-refractivity contribution in [1.82, 2.24) is 4.90 Å². The molecule has 19 heavy (non-hydrogen) atoms. The topological polar surface area (TPSA) is 57.6 Å². The van der Waals surface area contributed by atoms with E-state index in [2.05, 4.69) is 19.1 Å². The number of aryl methyl sites for hydroxylation is 3. The van der Waals surface area contributed by atoms with Gasteiger partial charge in [-0.3, -0.25) is 4.79 Å². The van der Waals surface area contributed by atoms with Gasteiger partial charge in [0.15, 0.2) is 0 Å². The number of rotatable bonds is 4. The summed E-state index contributed by atoms with van der Waals surface area (Å²) in [5.41, 5.74) is 4.61. The lowest BCUT2D eigenvalue weighted by Crippen LogP contribution is -2.24. The lowest BCUT2D eigenvalue weighted by atomic mass is 10.0. The minimum absolute atomic E-state index is 0.319. The zero-order chi connectivity index (χ0) is 14.6. The Morgan fingerprint density at radius 3 is 2.26 bits per heavy atom. The van der Waals surface area contributed by atoms with Crippen LogP contribution in [-0.2, 0) is 16.1 Å². The number of hydrogen-bond donors (Lipinski definition) is 1. The summed E-state index contributed by atoms with van der Waals surface area (Å²) < 4.78 is 0. The number of carbonyl (C=O) groups excluding carboxylic acids is 1. The molecule has 1 amide bonds. The molecule has 1 N–H and O–H groups in total. The zero-order valence-corrected chi connectivity index (χ0v) is 11.7. The highest BCUT2D eigenvalue weighted by Crippen LogP contribution is 2.16. The molecule has 0 radical (unpaired) electrons. The quantitative estimate of drug-likeness (QED) is 0.845. The molecule has 0 aliphatic carbocycles. The number of likely N-dealkylation sites (N-methyl/N-ethyl adjacent to an activating group) is 1. The van der Waals surface area contributed by atoms with Gasteiger partial charge >= 0.3 is 5.97 Å². The van der Waals surface area contributed by atoms with Gasteiger partial charge in [0, 0.05) is 25.7 Å². The fraction of sp³-hybridized carbons (Fsp3) is 0.333. The van der Waals surface area contributed by atoms with Crippen molar-refractivity contribution >= 4 is 11.9 Å². The van der Waals surface area contributed by atoms with Crippen LogP contribution < -0.4 is 0 Å². The maximum atomic E-state index is 11.7. The Bertz CT molecular complexity index is 532. The third-order valence-electron chi connectivity index (χ3n) is 3.10. The van der Waals surface area contributed by atoms with Crippen molar-refractivity contribution in [3.05, 3.63) is 46.5 Å². The van der Waals surface area contributed by atoms with Crippen molar-refractivity contribution in [2.75, 3.05) is 7.05 Å². The van der Waals surface area contributed by atoms with E-state index in [-0.39, 0.29) is 5.91 Å². The van der Waals surface area contributed by atoms with Crippen LogP contribution in [0.2, 0.25) is 0 Å². The van der Waals surface area contributed by atoms with Crippen molar-refractivity contribution in [1.29, 1.82) is 0 Å². The van der Waals surface area contributed by atoms with Crippen LogP contribution in [0.15, 0.2) is 24.3 Å². The molecule has 0 unspecified atom stereocenters. The first-order chi connectivity index (χ1) is 8.81. The summed E-state index contributed by atoms with van der Waals surface area (Å²) >= 11 is 0. The van der Waals surface area contributed by atoms with E-state index in [9.17, 15) is 9.59 Å². The van der Waals surface area contributed by atoms with Crippen LogP contribution in [-0.4, -0.2) is 28.9 Å². The maximum Gasteiger partial charge on any atom is 0.328 e. The first-order valence-electron chi connectivity index (χ1n) is 6.04. The molecular weight excluding hydrogens is 242 g/mol. The summed E-state index contributed by atoms with van der Waals surface area (Å²) in [4.78, 5) is 23.6. The van der Waals surface area contributed by atoms with Crippen LogP contribution >= 0.6 is 0 Å². The molecule has 0 bridgehead atoms. The van der Waals surface area contributed by atoms with Gasteiger partial charge in [0.25, 0.3) is 0 Å². The molecule has 1 aromatic carbocycles. The number of benzene rings is 1. The average Bonchev–Trinajstić information content (AvgIpc) is 2.32. The minimum Gasteiger partial charge on any atom is -0.478 e. The average molecular weight is 261 g/mol. The Labute approximate surface area is 113 Å². The summed E-state index contributed by atoms with van der Waals surface area (Å²) in [6, 6.07) is 4.16. The second kappa shape index (κ2) is 6.18. The van der Waals surface area contributed by atoms with Crippen molar-refractivity contribution in [3.8, 4) is 0 Å². The number of carboxylic acid groups (broad SMARTS) is 1. The van der Waals surface area contributed by atoms with Gasteiger partial charge in [-0.05, 0) is 43.0 Å². The monoisotopic (exact) mass is 261 g/mol. The van der Waals surface area contributed by atoms with Crippen molar-refractivity contribution < 1.29 is 14.7 Å². The van der Waals surface area contributed by atoms with E-state index in [1.165, 1.54) is 16.0 Å². The van der Waals surface area contributed by atoms with Gasteiger partial charge in [0.05, 0.1) is 0 Å². The Hall–Kier alpha value is -2.10. The van der Waals surface area contributed by atoms with Gasteiger partial charge in [-0.2, -0.15) is 0 Å². The SMILES string of the molecule is Cc1cc(C)c(CN(C)C(=O)/C=C/C(=O)O)cc1C. The Morgan fingerprint density at radius 1 is 1.11 bits per heavy atom. The van der Waals surface area contributed by atoms with E-state index in [0.717, 1.165) is 23.3 Å². The van der Waals surface area contributed by atoms with Gasteiger partial charge in [0.2, 0.25) is 5.91 Å². The zero-order valence-electron chi connectivity index (χ0n) is 11.7. The van der Waals surface area contributed by atoms with Gasteiger partial charge in [-0.1, -0.05) is 12.1 Å². The van der Waals surface area contributed by atoms with Crippen LogP contribution in [0, 0.1) is 20.8 Å². The Morgan fingerprint density at radius 2 is 1.68 bits per heavy atom. The predicted octanol–water partition coefficient (Wildman–Crippen LogP) is 2.21. The Kier molecular flexibility index (Phi) is 4.87. The van der Waals surface area contributed by atoms with E-state index >= 15 is 0 Å². The standard InChI is InChI=1S/C15H19NO3/c1-10-7-12(3)13(8-11(10)2)9-16(4)14(17)5-6-15(18)19/h5-8H,9H2,1-4H3,(H,18,19)/b6-5+. The highest BCUT2D eigenvalue weighted by Gasteiger charge is 2.09. The third kappa shape index (κ3) is 4.25. The predicted molar refractivity (Wildman–Crippen MR) is 73.9 cm³/mol. The molecule has 0 fully saturated rings. The van der Waals surface area contributed by atoms with Crippen molar-refractivity contribution in [2.45, 2.75) is 27.3 Å². The number of amides is 1. The van der Waals surface area contributed by atoms with E-state index in [0.29, 0.717) is 6.54 Å². The number of aliphatic carboxylic acids is 1. The first-order valence-corrected chi connectivity index (χ1v) is 6.04.